The molecule has 0 saturated carbocycles. The molecule has 2 heterocycles. The highest BCUT2D eigenvalue weighted by atomic mass is 79.9. The molecule has 1 aromatic heterocycles. The first-order valence-electron chi connectivity index (χ1n) is 6.23. The predicted molar refractivity (Wildman–Crippen MR) is 71.8 cm³/mol. The summed E-state index contributed by atoms with van der Waals surface area (Å²) in [5, 5.41) is 3.43. The molecule has 1 saturated heterocycles. The standard InChI is InChI=1S/C13H19BrN2O/c14-13-4-3-12(9-16-13)10-17-7-5-11-2-1-6-15-8-11/h3-4,9,11,15H,1-2,5-8,10H2/t11-/m1/s1. The molecule has 2 rings (SSSR count). The molecule has 1 N–H and O–H groups in total. The smallest absolute Gasteiger partial charge is 0.106 e. The van der Waals surface area contributed by atoms with Crippen LogP contribution in [0.3, 0.4) is 0 Å². The SMILES string of the molecule is Brc1ccc(COCC[C@H]2CCCNC2)cn1. The van der Waals surface area contributed by atoms with Crippen molar-refractivity contribution in [2.24, 2.45) is 5.92 Å². The number of hydrogen-bond donors (Lipinski definition) is 1. The van der Waals surface area contributed by atoms with Gasteiger partial charge in [0.2, 0.25) is 0 Å². The van der Waals surface area contributed by atoms with Gasteiger partial charge in [-0.2, -0.15) is 0 Å². The number of nitrogens with one attached hydrogen (secondary N) is 1. The van der Waals surface area contributed by atoms with E-state index in [2.05, 4.69) is 26.2 Å². The van der Waals surface area contributed by atoms with Gasteiger partial charge in [0, 0.05) is 12.8 Å². The van der Waals surface area contributed by atoms with Crippen molar-refractivity contribution >= 4 is 15.9 Å². The Hall–Kier alpha value is -0.450. The molecule has 17 heavy (non-hydrogen) atoms. The minimum Gasteiger partial charge on any atom is -0.377 e. The molecule has 1 aliphatic rings. The number of hydrogen-bond acceptors (Lipinski definition) is 3. The van der Waals surface area contributed by atoms with Crippen LogP contribution in [0.1, 0.15) is 24.8 Å². The number of ether oxygens (including phenoxy) is 1. The summed E-state index contributed by atoms with van der Waals surface area (Å²) in [6.45, 7) is 3.86. The number of rotatable bonds is 5. The summed E-state index contributed by atoms with van der Waals surface area (Å²) in [6, 6.07) is 3.99. The number of piperidine rings is 1. The van der Waals surface area contributed by atoms with E-state index in [1.165, 1.54) is 19.4 Å². The molecule has 0 spiro atoms. The van der Waals surface area contributed by atoms with E-state index in [0.29, 0.717) is 6.61 Å². The van der Waals surface area contributed by atoms with E-state index in [0.717, 1.165) is 35.7 Å². The Morgan fingerprint density at radius 3 is 3.12 bits per heavy atom. The van der Waals surface area contributed by atoms with E-state index in [9.17, 15) is 0 Å². The zero-order chi connectivity index (χ0) is 11.9. The lowest BCUT2D eigenvalue weighted by atomic mass is 9.97. The maximum absolute atomic E-state index is 5.68. The molecule has 0 radical (unpaired) electrons. The Morgan fingerprint density at radius 1 is 1.47 bits per heavy atom. The van der Waals surface area contributed by atoms with Gasteiger partial charge in [0.05, 0.1) is 6.61 Å². The molecule has 0 aromatic carbocycles. The second-order valence-electron chi connectivity index (χ2n) is 4.54. The van der Waals surface area contributed by atoms with Gasteiger partial charge in [-0.25, -0.2) is 4.98 Å². The highest BCUT2D eigenvalue weighted by molar-refractivity contribution is 9.10. The number of nitrogens with zero attached hydrogens (tertiary/aromatic N) is 1. The highest BCUT2D eigenvalue weighted by Gasteiger charge is 2.12. The normalized spacial score (nSPS) is 20.4. The summed E-state index contributed by atoms with van der Waals surface area (Å²) in [5.41, 5.74) is 1.13. The highest BCUT2D eigenvalue weighted by Crippen LogP contribution is 2.14. The lowest BCUT2D eigenvalue weighted by Gasteiger charge is -2.22. The van der Waals surface area contributed by atoms with Crippen LogP contribution in [0.4, 0.5) is 0 Å². The van der Waals surface area contributed by atoms with Gasteiger partial charge in [0.25, 0.3) is 0 Å². The molecule has 0 unspecified atom stereocenters. The third-order valence-electron chi connectivity index (χ3n) is 3.13. The third-order valence-corrected chi connectivity index (χ3v) is 3.60. The molecule has 0 bridgehead atoms. The summed E-state index contributed by atoms with van der Waals surface area (Å²) in [5.74, 6) is 0.798. The summed E-state index contributed by atoms with van der Waals surface area (Å²) in [6.07, 6.45) is 5.67. The van der Waals surface area contributed by atoms with E-state index in [4.69, 9.17) is 4.74 Å². The van der Waals surface area contributed by atoms with E-state index >= 15 is 0 Å². The number of halogens is 1. The monoisotopic (exact) mass is 298 g/mol. The molecule has 0 aliphatic carbocycles. The molecule has 4 heteroatoms. The quantitative estimate of drug-likeness (QED) is 0.670. The predicted octanol–water partition coefficient (Wildman–Crippen LogP) is 2.75. The molecule has 0 amide bonds. The van der Waals surface area contributed by atoms with Crippen LogP contribution >= 0.6 is 15.9 Å². The second-order valence-corrected chi connectivity index (χ2v) is 5.36. The lowest BCUT2D eigenvalue weighted by molar-refractivity contribution is 0.103. The fourth-order valence-corrected chi connectivity index (χ4v) is 2.34. The van der Waals surface area contributed by atoms with Crippen LogP contribution in [0.5, 0.6) is 0 Å². The maximum Gasteiger partial charge on any atom is 0.106 e. The van der Waals surface area contributed by atoms with Gasteiger partial charge >= 0.3 is 0 Å². The van der Waals surface area contributed by atoms with Gasteiger partial charge in [0.1, 0.15) is 4.60 Å². The van der Waals surface area contributed by atoms with E-state index in [1.807, 2.05) is 18.3 Å². The fourth-order valence-electron chi connectivity index (χ4n) is 2.10. The van der Waals surface area contributed by atoms with Crippen molar-refractivity contribution in [2.45, 2.75) is 25.9 Å². The summed E-state index contributed by atoms with van der Waals surface area (Å²) >= 11 is 3.32. The third kappa shape index (κ3) is 4.74. The van der Waals surface area contributed by atoms with Crippen LogP contribution in [0.15, 0.2) is 22.9 Å². The van der Waals surface area contributed by atoms with Crippen LogP contribution in [-0.2, 0) is 11.3 Å². The van der Waals surface area contributed by atoms with Gasteiger partial charge in [-0.1, -0.05) is 6.07 Å². The van der Waals surface area contributed by atoms with Gasteiger partial charge in [-0.05, 0) is 65.8 Å². The summed E-state index contributed by atoms with van der Waals surface area (Å²) in [4.78, 5) is 4.17. The Kier molecular flexibility index (Phi) is 5.42. The van der Waals surface area contributed by atoms with Crippen LogP contribution < -0.4 is 5.32 Å². The van der Waals surface area contributed by atoms with Gasteiger partial charge in [-0.3, -0.25) is 0 Å². The average molecular weight is 299 g/mol. The molecule has 1 aromatic rings. The van der Waals surface area contributed by atoms with Crippen molar-refractivity contribution in [2.75, 3.05) is 19.7 Å². The average Bonchev–Trinajstić information content (AvgIpc) is 2.38. The maximum atomic E-state index is 5.68. The van der Waals surface area contributed by atoms with Crippen LogP contribution in [-0.4, -0.2) is 24.7 Å². The Morgan fingerprint density at radius 2 is 2.41 bits per heavy atom. The minimum absolute atomic E-state index is 0.667. The van der Waals surface area contributed by atoms with Crippen LogP contribution in [0.25, 0.3) is 0 Å². The van der Waals surface area contributed by atoms with Gasteiger partial charge in [0.15, 0.2) is 0 Å². The first-order chi connectivity index (χ1) is 8.34. The molecule has 3 nitrogen and oxygen atoms in total. The Balaban J connectivity index is 1.60. The zero-order valence-corrected chi connectivity index (χ0v) is 11.6. The molecular weight excluding hydrogens is 280 g/mol. The first-order valence-corrected chi connectivity index (χ1v) is 7.03. The van der Waals surface area contributed by atoms with Crippen LogP contribution in [0, 0.1) is 5.92 Å². The molecular formula is C13H19BrN2O. The van der Waals surface area contributed by atoms with Crippen molar-refractivity contribution in [1.82, 2.24) is 10.3 Å². The van der Waals surface area contributed by atoms with E-state index < -0.39 is 0 Å². The number of aromatic nitrogens is 1. The molecule has 1 fully saturated rings. The topological polar surface area (TPSA) is 34.1 Å². The Labute approximate surface area is 111 Å². The van der Waals surface area contributed by atoms with Crippen molar-refractivity contribution < 1.29 is 4.74 Å². The van der Waals surface area contributed by atoms with Crippen molar-refractivity contribution in [3.05, 3.63) is 28.5 Å². The van der Waals surface area contributed by atoms with E-state index in [-0.39, 0.29) is 0 Å². The van der Waals surface area contributed by atoms with Crippen molar-refractivity contribution in [1.29, 1.82) is 0 Å². The number of pyridine rings is 1. The second kappa shape index (κ2) is 7.09. The molecule has 94 valence electrons. The van der Waals surface area contributed by atoms with Crippen molar-refractivity contribution in [3.8, 4) is 0 Å². The van der Waals surface area contributed by atoms with Crippen LogP contribution in [0.2, 0.25) is 0 Å². The van der Waals surface area contributed by atoms with Gasteiger partial charge in [-0.15, -0.1) is 0 Å². The largest absolute Gasteiger partial charge is 0.377 e. The molecule has 1 atom stereocenters. The summed E-state index contributed by atoms with van der Waals surface area (Å²) in [7, 11) is 0. The zero-order valence-electron chi connectivity index (χ0n) is 9.99. The Bertz CT molecular complexity index is 323. The van der Waals surface area contributed by atoms with E-state index in [1.54, 1.807) is 0 Å². The minimum atomic E-state index is 0.667. The first kappa shape index (κ1) is 13.0. The van der Waals surface area contributed by atoms with Crippen molar-refractivity contribution in [3.63, 3.8) is 0 Å². The van der Waals surface area contributed by atoms with Gasteiger partial charge < -0.3 is 10.1 Å². The lowest BCUT2D eigenvalue weighted by Crippen LogP contribution is -2.30. The fraction of sp³-hybridized carbons (Fsp3) is 0.615. The summed E-state index contributed by atoms with van der Waals surface area (Å²) < 4.78 is 6.55. The molecule has 1 aliphatic heterocycles.